The van der Waals surface area contributed by atoms with E-state index >= 15 is 0 Å². The maximum atomic E-state index is 11.6. The molecule has 0 saturated carbocycles. The molecule has 0 radical (unpaired) electrons. The minimum atomic E-state index is -0.845. The Morgan fingerprint density at radius 1 is 1.00 bits per heavy atom. The molecule has 0 aliphatic heterocycles. The summed E-state index contributed by atoms with van der Waals surface area (Å²) in [5.41, 5.74) is 0. The van der Waals surface area contributed by atoms with Crippen LogP contribution in [-0.2, 0) is 19.1 Å². The fourth-order valence-electron chi connectivity index (χ4n) is 1.92. The van der Waals surface area contributed by atoms with Gasteiger partial charge in [0.15, 0.2) is 6.10 Å². The van der Waals surface area contributed by atoms with E-state index in [1.165, 1.54) is 51.5 Å². The van der Waals surface area contributed by atoms with Crippen molar-refractivity contribution in [3.8, 4) is 0 Å². The minimum Gasteiger partial charge on any atom is -0.463 e. The third-order valence-corrected chi connectivity index (χ3v) is 3.17. The van der Waals surface area contributed by atoms with Crippen LogP contribution in [0, 0.1) is 0 Å². The molecule has 0 aliphatic carbocycles. The predicted molar refractivity (Wildman–Crippen MR) is 83.9 cm³/mol. The lowest BCUT2D eigenvalue weighted by Crippen LogP contribution is -2.25. The average Bonchev–Trinajstić information content (AvgIpc) is 2.45. The van der Waals surface area contributed by atoms with Gasteiger partial charge in [-0.15, -0.1) is 0 Å². The van der Waals surface area contributed by atoms with Crippen molar-refractivity contribution in [2.75, 3.05) is 6.61 Å². The predicted octanol–water partition coefficient (Wildman–Crippen LogP) is 4.18. The second-order valence-electron chi connectivity index (χ2n) is 5.22. The molecule has 0 saturated heterocycles. The summed E-state index contributed by atoms with van der Waals surface area (Å²) in [5, 5.41) is 0. The molecular weight excluding hydrogens is 268 g/mol. The summed E-state index contributed by atoms with van der Waals surface area (Å²) < 4.78 is 9.97. The van der Waals surface area contributed by atoms with Crippen LogP contribution in [0.25, 0.3) is 0 Å². The van der Waals surface area contributed by atoms with Crippen molar-refractivity contribution in [1.82, 2.24) is 0 Å². The van der Waals surface area contributed by atoms with E-state index in [1.54, 1.807) is 13.0 Å². The van der Waals surface area contributed by atoms with Crippen LogP contribution >= 0.6 is 0 Å². The highest BCUT2D eigenvalue weighted by molar-refractivity contribution is 5.85. The van der Waals surface area contributed by atoms with Gasteiger partial charge in [-0.25, -0.2) is 9.59 Å². The number of carbonyl (C=O) groups excluding carboxylic acids is 2. The van der Waals surface area contributed by atoms with Gasteiger partial charge >= 0.3 is 11.9 Å². The summed E-state index contributed by atoms with van der Waals surface area (Å²) in [6.45, 7) is 5.86. The Balaban J connectivity index is 3.50. The van der Waals surface area contributed by atoms with Gasteiger partial charge < -0.3 is 9.47 Å². The molecule has 0 aromatic rings. The molecule has 1 unspecified atom stereocenters. The van der Waals surface area contributed by atoms with Crippen LogP contribution in [-0.4, -0.2) is 24.6 Å². The molecule has 0 heterocycles. The summed E-state index contributed by atoms with van der Waals surface area (Å²) in [7, 11) is 0. The second kappa shape index (κ2) is 13.7. The van der Waals surface area contributed by atoms with Crippen molar-refractivity contribution in [2.24, 2.45) is 0 Å². The lowest BCUT2D eigenvalue weighted by atomic mass is 10.1. The van der Waals surface area contributed by atoms with Crippen LogP contribution in [0.3, 0.4) is 0 Å². The molecule has 0 rings (SSSR count). The Morgan fingerprint density at radius 2 is 1.57 bits per heavy atom. The number of allylic oxidation sites excluding steroid dienone is 1. The Labute approximate surface area is 128 Å². The van der Waals surface area contributed by atoms with Crippen molar-refractivity contribution >= 4 is 11.9 Å². The second-order valence-corrected chi connectivity index (χ2v) is 5.22. The maximum absolute atomic E-state index is 11.6. The van der Waals surface area contributed by atoms with E-state index in [1.807, 2.05) is 0 Å². The third kappa shape index (κ3) is 12.2. The van der Waals surface area contributed by atoms with E-state index in [0.717, 1.165) is 12.8 Å². The van der Waals surface area contributed by atoms with Gasteiger partial charge in [0, 0.05) is 6.08 Å². The topological polar surface area (TPSA) is 52.6 Å². The molecular formula is C17H30O4. The first kappa shape index (κ1) is 19.7. The lowest BCUT2D eigenvalue weighted by Gasteiger charge is -2.11. The number of rotatable bonds is 12. The van der Waals surface area contributed by atoms with Gasteiger partial charge in [-0.2, -0.15) is 0 Å². The molecule has 0 spiro atoms. The first-order chi connectivity index (χ1) is 10.1. The Hall–Kier alpha value is -1.32. The van der Waals surface area contributed by atoms with Crippen LogP contribution in [0.2, 0.25) is 0 Å². The quantitative estimate of drug-likeness (QED) is 0.308. The number of hydrogen-bond donors (Lipinski definition) is 0. The molecule has 0 bridgehead atoms. The van der Waals surface area contributed by atoms with Crippen LogP contribution in [0.4, 0.5) is 0 Å². The molecule has 0 aliphatic rings. The van der Waals surface area contributed by atoms with Gasteiger partial charge in [-0.3, -0.25) is 0 Å². The molecule has 0 aromatic carbocycles. The zero-order valence-corrected chi connectivity index (χ0v) is 13.7. The third-order valence-electron chi connectivity index (χ3n) is 3.17. The summed E-state index contributed by atoms with van der Waals surface area (Å²) >= 11 is 0. The van der Waals surface area contributed by atoms with Gasteiger partial charge in [0.2, 0.25) is 0 Å². The highest BCUT2D eigenvalue weighted by Crippen LogP contribution is 2.08. The van der Waals surface area contributed by atoms with Gasteiger partial charge in [0.05, 0.1) is 6.61 Å². The van der Waals surface area contributed by atoms with Crippen molar-refractivity contribution in [2.45, 2.75) is 78.2 Å². The number of carbonyl (C=O) groups is 2. The summed E-state index contributed by atoms with van der Waals surface area (Å²) in [4.78, 5) is 22.7. The Bertz CT molecular complexity index is 310. The number of ether oxygens (including phenoxy) is 2. The molecule has 4 nitrogen and oxygen atoms in total. The minimum absolute atomic E-state index is 0.402. The molecule has 0 aromatic heterocycles. The largest absolute Gasteiger partial charge is 0.463 e. The summed E-state index contributed by atoms with van der Waals surface area (Å²) in [6.07, 6.45) is 11.6. The first-order valence-corrected chi connectivity index (χ1v) is 8.11. The zero-order chi connectivity index (χ0) is 15.9. The monoisotopic (exact) mass is 298 g/mol. The van der Waals surface area contributed by atoms with E-state index in [0.29, 0.717) is 6.61 Å². The van der Waals surface area contributed by atoms with Crippen LogP contribution in [0.15, 0.2) is 12.2 Å². The maximum Gasteiger partial charge on any atom is 0.347 e. The molecule has 122 valence electrons. The lowest BCUT2D eigenvalue weighted by molar-refractivity contribution is -0.163. The van der Waals surface area contributed by atoms with Gasteiger partial charge in [0.1, 0.15) is 0 Å². The zero-order valence-electron chi connectivity index (χ0n) is 13.7. The van der Waals surface area contributed by atoms with Crippen molar-refractivity contribution < 1.29 is 19.1 Å². The fraction of sp³-hybridized carbons (Fsp3) is 0.765. The van der Waals surface area contributed by atoms with Crippen LogP contribution in [0.1, 0.15) is 72.1 Å². The number of unbranched alkanes of at least 4 members (excludes halogenated alkanes) is 7. The Morgan fingerprint density at radius 3 is 2.14 bits per heavy atom. The van der Waals surface area contributed by atoms with Crippen LogP contribution in [0.5, 0.6) is 0 Å². The van der Waals surface area contributed by atoms with E-state index < -0.39 is 18.0 Å². The van der Waals surface area contributed by atoms with Crippen LogP contribution < -0.4 is 0 Å². The highest BCUT2D eigenvalue weighted by atomic mass is 16.6. The van der Waals surface area contributed by atoms with Gasteiger partial charge in [-0.05, 0) is 20.3 Å². The standard InChI is InChI=1S/C17H30O4/c1-4-6-7-8-9-10-11-12-14-20-17(19)15(3)21-16(18)13-5-2/h5,13,15H,4,6-12,14H2,1-3H3/b13-5+. The van der Waals surface area contributed by atoms with Gasteiger partial charge in [-0.1, -0.05) is 57.9 Å². The molecule has 1 atom stereocenters. The van der Waals surface area contributed by atoms with E-state index in [9.17, 15) is 9.59 Å². The first-order valence-electron chi connectivity index (χ1n) is 8.11. The van der Waals surface area contributed by atoms with E-state index in [-0.39, 0.29) is 0 Å². The SMILES string of the molecule is C/C=C/C(=O)OC(C)C(=O)OCCCCCCCCCC. The molecule has 0 amide bonds. The molecule has 0 fully saturated rings. The Kier molecular flexibility index (Phi) is 12.8. The number of hydrogen-bond acceptors (Lipinski definition) is 4. The highest BCUT2D eigenvalue weighted by Gasteiger charge is 2.17. The van der Waals surface area contributed by atoms with Crippen molar-refractivity contribution in [3.05, 3.63) is 12.2 Å². The summed E-state index contributed by atoms with van der Waals surface area (Å²) in [5.74, 6) is -0.996. The normalized spacial score (nSPS) is 12.3. The van der Waals surface area contributed by atoms with E-state index in [2.05, 4.69) is 6.92 Å². The fourth-order valence-corrected chi connectivity index (χ4v) is 1.92. The summed E-state index contributed by atoms with van der Waals surface area (Å²) in [6, 6.07) is 0. The molecule has 0 N–H and O–H groups in total. The van der Waals surface area contributed by atoms with Crippen molar-refractivity contribution in [1.29, 1.82) is 0 Å². The van der Waals surface area contributed by atoms with E-state index in [4.69, 9.17) is 9.47 Å². The molecule has 21 heavy (non-hydrogen) atoms. The average molecular weight is 298 g/mol. The molecule has 4 heteroatoms. The smallest absolute Gasteiger partial charge is 0.347 e. The van der Waals surface area contributed by atoms with Crippen molar-refractivity contribution in [3.63, 3.8) is 0 Å². The van der Waals surface area contributed by atoms with Gasteiger partial charge in [0.25, 0.3) is 0 Å². The number of esters is 2.